The third-order valence-electron chi connectivity index (χ3n) is 5.05. The maximum Gasteiger partial charge on any atom is 0.320 e. The van der Waals surface area contributed by atoms with Gasteiger partial charge in [-0.05, 0) is 37.3 Å². The predicted octanol–water partition coefficient (Wildman–Crippen LogP) is 1.64. The average Bonchev–Trinajstić information content (AvgIpc) is 3.27. The van der Waals surface area contributed by atoms with Gasteiger partial charge in [0.25, 0.3) is 5.91 Å². The summed E-state index contributed by atoms with van der Waals surface area (Å²) in [5.74, 6) is 0.720. The Morgan fingerprint density at radius 1 is 1.09 bits per heavy atom. The highest BCUT2D eigenvalue weighted by Crippen LogP contribution is 2.31. The fourth-order valence-electron chi connectivity index (χ4n) is 4.01. The zero-order chi connectivity index (χ0) is 15.1. The van der Waals surface area contributed by atoms with E-state index in [0.717, 1.165) is 45.4 Å². The summed E-state index contributed by atoms with van der Waals surface area (Å²) >= 11 is 0. The fourth-order valence-corrected chi connectivity index (χ4v) is 4.01. The van der Waals surface area contributed by atoms with E-state index in [9.17, 15) is 9.59 Å². The molecular weight excluding hydrogens is 282 g/mol. The van der Waals surface area contributed by atoms with Crippen molar-refractivity contribution in [1.82, 2.24) is 14.7 Å². The maximum absolute atomic E-state index is 12.6. The van der Waals surface area contributed by atoms with Gasteiger partial charge in [0.15, 0.2) is 5.76 Å². The van der Waals surface area contributed by atoms with Crippen LogP contribution in [0.4, 0.5) is 4.79 Å². The molecule has 2 bridgehead atoms. The number of carbonyl (C=O) groups is 2. The van der Waals surface area contributed by atoms with Crippen LogP contribution in [0.3, 0.4) is 0 Å². The van der Waals surface area contributed by atoms with Crippen molar-refractivity contribution >= 4 is 11.9 Å². The van der Waals surface area contributed by atoms with E-state index in [0.29, 0.717) is 18.2 Å². The van der Waals surface area contributed by atoms with Crippen molar-refractivity contribution in [2.75, 3.05) is 32.7 Å². The van der Waals surface area contributed by atoms with Crippen LogP contribution < -0.4 is 0 Å². The summed E-state index contributed by atoms with van der Waals surface area (Å²) in [4.78, 5) is 30.8. The average molecular weight is 303 g/mol. The van der Waals surface area contributed by atoms with E-state index in [1.807, 2.05) is 14.7 Å². The Balaban J connectivity index is 1.46. The first kappa shape index (κ1) is 13.7. The number of urea groups is 1. The fraction of sp³-hybridized carbons (Fsp3) is 0.625. The van der Waals surface area contributed by atoms with Gasteiger partial charge in [-0.3, -0.25) is 4.79 Å². The van der Waals surface area contributed by atoms with Crippen LogP contribution in [0, 0.1) is 5.92 Å². The highest BCUT2D eigenvalue weighted by Gasteiger charge is 2.43. The van der Waals surface area contributed by atoms with Gasteiger partial charge in [-0.2, -0.15) is 0 Å². The molecule has 0 radical (unpaired) electrons. The third-order valence-corrected chi connectivity index (χ3v) is 5.05. The Bertz CT molecular complexity index is 565. The summed E-state index contributed by atoms with van der Waals surface area (Å²) in [6, 6.07) is 3.75. The normalized spacial score (nSPS) is 27.5. The molecule has 3 saturated heterocycles. The predicted molar refractivity (Wildman–Crippen MR) is 79.4 cm³/mol. The quantitative estimate of drug-likeness (QED) is 0.792. The molecule has 3 aliphatic heterocycles. The molecule has 0 N–H and O–H groups in total. The molecule has 3 amide bonds. The topological polar surface area (TPSA) is 57.0 Å². The van der Waals surface area contributed by atoms with Crippen molar-refractivity contribution < 1.29 is 14.0 Å². The van der Waals surface area contributed by atoms with Crippen LogP contribution in [0.2, 0.25) is 0 Å². The lowest BCUT2D eigenvalue weighted by Gasteiger charge is -2.33. The minimum Gasteiger partial charge on any atom is -0.459 e. The largest absolute Gasteiger partial charge is 0.459 e. The number of carbonyl (C=O) groups excluding carboxylic acids is 2. The second-order valence-corrected chi connectivity index (χ2v) is 6.57. The Labute approximate surface area is 129 Å². The second kappa shape index (κ2) is 5.34. The second-order valence-electron chi connectivity index (χ2n) is 6.57. The summed E-state index contributed by atoms with van der Waals surface area (Å²) in [5, 5.41) is 0. The molecular formula is C16H21N3O3. The number of fused-ring (bicyclic) bond motifs is 2. The Morgan fingerprint density at radius 2 is 1.91 bits per heavy atom. The number of nitrogens with zero attached hydrogens (tertiary/aromatic N) is 3. The molecule has 0 saturated carbocycles. The lowest BCUT2D eigenvalue weighted by atomic mass is 10.00. The van der Waals surface area contributed by atoms with E-state index in [2.05, 4.69) is 0 Å². The summed E-state index contributed by atoms with van der Waals surface area (Å²) in [7, 11) is 0. The zero-order valence-corrected chi connectivity index (χ0v) is 12.6. The molecule has 6 nitrogen and oxygen atoms in total. The molecule has 3 aliphatic rings. The minimum absolute atomic E-state index is 0.0600. The number of rotatable bonds is 1. The molecule has 2 unspecified atom stereocenters. The molecule has 4 rings (SSSR count). The Kier molecular flexibility index (Phi) is 3.32. The molecule has 0 spiro atoms. The van der Waals surface area contributed by atoms with Crippen LogP contribution in [0.25, 0.3) is 0 Å². The first-order valence-corrected chi connectivity index (χ1v) is 8.10. The van der Waals surface area contributed by atoms with Crippen molar-refractivity contribution in [3.8, 4) is 0 Å². The van der Waals surface area contributed by atoms with E-state index in [1.165, 1.54) is 6.26 Å². The maximum atomic E-state index is 12.6. The third kappa shape index (κ3) is 2.26. The number of hydrogen-bond acceptors (Lipinski definition) is 3. The molecule has 1 aromatic rings. The van der Waals surface area contributed by atoms with Crippen LogP contribution >= 0.6 is 0 Å². The van der Waals surface area contributed by atoms with E-state index < -0.39 is 0 Å². The lowest BCUT2D eigenvalue weighted by Crippen LogP contribution is -2.49. The number of furan rings is 1. The molecule has 118 valence electrons. The molecule has 0 aromatic carbocycles. The summed E-state index contributed by atoms with van der Waals surface area (Å²) in [6.07, 6.45) is 4.75. The van der Waals surface area contributed by atoms with Gasteiger partial charge in [-0.1, -0.05) is 0 Å². The first-order chi connectivity index (χ1) is 10.7. The molecule has 4 heterocycles. The van der Waals surface area contributed by atoms with Gasteiger partial charge in [0.05, 0.1) is 12.3 Å². The monoisotopic (exact) mass is 303 g/mol. The van der Waals surface area contributed by atoms with Crippen LogP contribution in [0.15, 0.2) is 22.8 Å². The Hall–Kier alpha value is -1.98. The van der Waals surface area contributed by atoms with Crippen molar-refractivity contribution in [3.63, 3.8) is 0 Å². The van der Waals surface area contributed by atoms with Gasteiger partial charge in [0.2, 0.25) is 0 Å². The summed E-state index contributed by atoms with van der Waals surface area (Å²) in [6.45, 7) is 3.88. The minimum atomic E-state index is -0.0600. The van der Waals surface area contributed by atoms with Crippen molar-refractivity contribution in [2.45, 2.75) is 25.3 Å². The molecule has 3 fully saturated rings. The highest BCUT2D eigenvalue weighted by molar-refractivity contribution is 5.91. The molecule has 22 heavy (non-hydrogen) atoms. The van der Waals surface area contributed by atoms with Crippen LogP contribution in [-0.2, 0) is 0 Å². The van der Waals surface area contributed by atoms with Crippen LogP contribution in [-0.4, -0.2) is 65.4 Å². The van der Waals surface area contributed by atoms with Gasteiger partial charge in [-0.25, -0.2) is 4.79 Å². The van der Waals surface area contributed by atoms with Crippen LogP contribution in [0.1, 0.15) is 29.8 Å². The summed E-state index contributed by atoms with van der Waals surface area (Å²) < 4.78 is 5.21. The van der Waals surface area contributed by atoms with E-state index in [-0.39, 0.29) is 18.0 Å². The van der Waals surface area contributed by atoms with Crippen molar-refractivity contribution in [3.05, 3.63) is 24.2 Å². The molecule has 0 aliphatic carbocycles. The summed E-state index contributed by atoms with van der Waals surface area (Å²) in [5.41, 5.74) is 0. The highest BCUT2D eigenvalue weighted by atomic mass is 16.3. The van der Waals surface area contributed by atoms with E-state index in [1.54, 1.807) is 12.1 Å². The molecule has 2 atom stereocenters. The van der Waals surface area contributed by atoms with Crippen molar-refractivity contribution in [2.24, 2.45) is 5.92 Å². The number of amides is 3. The van der Waals surface area contributed by atoms with Crippen LogP contribution in [0.5, 0.6) is 0 Å². The van der Waals surface area contributed by atoms with Gasteiger partial charge in [-0.15, -0.1) is 0 Å². The molecule has 6 heteroatoms. The van der Waals surface area contributed by atoms with E-state index in [4.69, 9.17) is 4.42 Å². The van der Waals surface area contributed by atoms with Gasteiger partial charge >= 0.3 is 6.03 Å². The van der Waals surface area contributed by atoms with Gasteiger partial charge < -0.3 is 19.1 Å². The number of hydrogen-bond donors (Lipinski definition) is 0. The standard InChI is InChI=1S/C16H21N3O3/c20-15(14-4-3-7-22-14)18-9-12-8-13(11-18)19(10-12)16(21)17-5-1-2-6-17/h3-4,7,12-13H,1-2,5-6,8-11H2. The Morgan fingerprint density at radius 3 is 2.64 bits per heavy atom. The zero-order valence-electron chi connectivity index (χ0n) is 12.6. The number of likely N-dealkylation sites (tertiary alicyclic amines) is 3. The lowest BCUT2D eigenvalue weighted by molar-refractivity contribution is 0.0639. The smallest absolute Gasteiger partial charge is 0.320 e. The van der Waals surface area contributed by atoms with Gasteiger partial charge in [0.1, 0.15) is 0 Å². The molecule has 1 aromatic heterocycles. The van der Waals surface area contributed by atoms with E-state index >= 15 is 0 Å². The first-order valence-electron chi connectivity index (χ1n) is 8.10. The van der Waals surface area contributed by atoms with Gasteiger partial charge in [0, 0.05) is 32.7 Å². The SMILES string of the molecule is O=C(c1ccco1)N1CC2CC(C1)N(C(=O)N1CCCC1)C2. The number of piperidine rings is 1. The van der Waals surface area contributed by atoms with Crippen molar-refractivity contribution in [1.29, 1.82) is 0 Å².